The molecule has 8 heteroatoms. The Hall–Kier alpha value is -1.41. The molecule has 1 heterocycles. The normalized spacial score (nSPS) is 12.2. The van der Waals surface area contributed by atoms with Crippen molar-refractivity contribution in [1.29, 1.82) is 0 Å². The van der Waals surface area contributed by atoms with Crippen molar-refractivity contribution in [2.45, 2.75) is 4.83 Å². The summed E-state index contributed by atoms with van der Waals surface area (Å²) in [5.41, 5.74) is 0.192. The Labute approximate surface area is 119 Å². The minimum Gasteiger partial charge on any atom is -0.383 e. The van der Waals surface area contributed by atoms with Crippen molar-refractivity contribution in [2.75, 3.05) is 27.3 Å². The van der Waals surface area contributed by atoms with E-state index in [0.717, 1.165) is 0 Å². The summed E-state index contributed by atoms with van der Waals surface area (Å²) >= 11 is 3.39. The first-order valence-corrected chi connectivity index (χ1v) is 6.47. The summed E-state index contributed by atoms with van der Waals surface area (Å²) in [5.74, 6) is -0.267. The van der Waals surface area contributed by atoms with Gasteiger partial charge in [-0.25, -0.2) is 0 Å². The first-order chi connectivity index (χ1) is 8.86. The first kappa shape index (κ1) is 15.6. The van der Waals surface area contributed by atoms with Crippen LogP contribution in [0.1, 0.15) is 10.5 Å². The molecule has 0 aliphatic carbocycles. The molecule has 1 unspecified atom stereocenters. The standard InChI is InChI=1S/C11H16BrN3O4/c1-13-6-9(15(17)18)4-10(13)11(16)14(2)5-8(12)7-19-3/h4,6,8H,5,7H2,1-3H3. The molecule has 0 saturated heterocycles. The molecule has 19 heavy (non-hydrogen) atoms. The van der Waals surface area contributed by atoms with Gasteiger partial charge in [0.05, 0.1) is 22.6 Å². The van der Waals surface area contributed by atoms with Gasteiger partial charge in [0, 0.05) is 33.8 Å². The lowest BCUT2D eigenvalue weighted by molar-refractivity contribution is -0.384. The average molecular weight is 334 g/mol. The van der Waals surface area contributed by atoms with Gasteiger partial charge >= 0.3 is 0 Å². The first-order valence-electron chi connectivity index (χ1n) is 5.56. The Bertz CT molecular complexity index is 475. The predicted molar refractivity (Wildman–Crippen MR) is 73.6 cm³/mol. The van der Waals surface area contributed by atoms with E-state index < -0.39 is 4.92 Å². The molecule has 0 spiro atoms. The average Bonchev–Trinajstić information content (AvgIpc) is 2.70. The number of methoxy groups -OCH3 is 1. The van der Waals surface area contributed by atoms with Gasteiger partial charge in [-0.2, -0.15) is 0 Å². The van der Waals surface area contributed by atoms with Crippen LogP contribution < -0.4 is 0 Å². The highest BCUT2D eigenvalue weighted by Gasteiger charge is 2.21. The van der Waals surface area contributed by atoms with Crippen LogP contribution in [0.5, 0.6) is 0 Å². The molecule has 0 N–H and O–H groups in total. The molecule has 1 aromatic rings. The highest BCUT2D eigenvalue weighted by atomic mass is 79.9. The third kappa shape index (κ3) is 4.03. The minimum atomic E-state index is -0.519. The van der Waals surface area contributed by atoms with Gasteiger partial charge < -0.3 is 14.2 Å². The fourth-order valence-corrected chi connectivity index (χ4v) is 2.37. The molecule has 1 amide bonds. The van der Waals surface area contributed by atoms with Crippen molar-refractivity contribution < 1.29 is 14.5 Å². The van der Waals surface area contributed by atoms with Gasteiger partial charge in [-0.1, -0.05) is 15.9 Å². The fourth-order valence-electron chi connectivity index (χ4n) is 1.67. The molecule has 0 fully saturated rings. The number of nitrogens with zero attached hydrogens (tertiary/aromatic N) is 3. The van der Waals surface area contributed by atoms with E-state index in [1.54, 1.807) is 21.2 Å². The maximum Gasteiger partial charge on any atom is 0.287 e. The third-order valence-corrected chi connectivity index (χ3v) is 3.14. The molecule has 0 bridgehead atoms. The molecule has 0 saturated carbocycles. The van der Waals surface area contributed by atoms with Gasteiger partial charge in [-0.05, 0) is 0 Å². The van der Waals surface area contributed by atoms with E-state index in [1.807, 2.05) is 0 Å². The third-order valence-electron chi connectivity index (χ3n) is 2.59. The summed E-state index contributed by atoms with van der Waals surface area (Å²) in [4.78, 5) is 23.8. The summed E-state index contributed by atoms with van der Waals surface area (Å²) in [5, 5.41) is 10.7. The Morgan fingerprint density at radius 1 is 1.68 bits per heavy atom. The van der Waals surface area contributed by atoms with E-state index >= 15 is 0 Å². The summed E-state index contributed by atoms with van der Waals surface area (Å²) in [6, 6.07) is 1.28. The molecule has 0 aromatic carbocycles. The molecular formula is C11H16BrN3O4. The van der Waals surface area contributed by atoms with Gasteiger partial charge in [0.15, 0.2) is 0 Å². The molecule has 106 valence electrons. The second kappa shape index (κ2) is 6.67. The number of nitro groups is 1. The van der Waals surface area contributed by atoms with E-state index in [2.05, 4.69) is 15.9 Å². The van der Waals surface area contributed by atoms with Crippen LogP contribution in [0.25, 0.3) is 0 Å². The minimum absolute atomic E-state index is 0.0155. The Morgan fingerprint density at radius 3 is 2.79 bits per heavy atom. The van der Waals surface area contributed by atoms with Crippen LogP contribution in [-0.2, 0) is 11.8 Å². The van der Waals surface area contributed by atoms with Crippen molar-refractivity contribution in [3.8, 4) is 0 Å². The van der Waals surface area contributed by atoms with Crippen LogP contribution in [0, 0.1) is 10.1 Å². The van der Waals surface area contributed by atoms with Crippen molar-refractivity contribution in [3.05, 3.63) is 28.1 Å². The molecular weight excluding hydrogens is 318 g/mol. The van der Waals surface area contributed by atoms with Crippen LogP contribution in [-0.4, -0.2) is 52.4 Å². The smallest absolute Gasteiger partial charge is 0.287 e. The lowest BCUT2D eigenvalue weighted by Crippen LogP contribution is -2.34. The number of alkyl halides is 1. The lowest BCUT2D eigenvalue weighted by atomic mass is 10.3. The zero-order valence-corrected chi connectivity index (χ0v) is 12.6. The number of hydrogen-bond donors (Lipinski definition) is 0. The molecule has 1 aromatic heterocycles. The van der Waals surface area contributed by atoms with Gasteiger partial charge in [-0.3, -0.25) is 14.9 Å². The second-order valence-electron chi connectivity index (χ2n) is 4.19. The van der Waals surface area contributed by atoms with Gasteiger partial charge in [0.25, 0.3) is 11.6 Å². The Kier molecular flexibility index (Phi) is 5.49. The number of aromatic nitrogens is 1. The molecule has 0 aliphatic heterocycles. The number of amides is 1. The summed E-state index contributed by atoms with van der Waals surface area (Å²) < 4.78 is 6.42. The monoisotopic (exact) mass is 333 g/mol. The summed E-state index contributed by atoms with van der Waals surface area (Å²) in [6.45, 7) is 0.927. The topological polar surface area (TPSA) is 77.6 Å². The van der Waals surface area contributed by atoms with Crippen molar-refractivity contribution in [2.24, 2.45) is 7.05 Å². The highest BCUT2D eigenvalue weighted by Crippen LogP contribution is 2.17. The lowest BCUT2D eigenvalue weighted by Gasteiger charge is -2.20. The zero-order chi connectivity index (χ0) is 14.6. The van der Waals surface area contributed by atoms with Gasteiger partial charge in [0.2, 0.25) is 0 Å². The number of carbonyl (C=O) groups is 1. The summed E-state index contributed by atoms with van der Waals surface area (Å²) in [7, 11) is 4.83. The Balaban J connectivity index is 2.79. The van der Waals surface area contributed by atoms with E-state index in [1.165, 1.54) is 21.7 Å². The largest absolute Gasteiger partial charge is 0.383 e. The predicted octanol–water partition coefficient (Wildman–Crippen LogP) is 1.42. The number of aryl methyl sites for hydroxylation is 1. The van der Waals surface area contributed by atoms with Crippen molar-refractivity contribution in [3.63, 3.8) is 0 Å². The molecule has 1 rings (SSSR count). The van der Waals surface area contributed by atoms with E-state index in [0.29, 0.717) is 13.2 Å². The molecule has 0 radical (unpaired) electrons. The van der Waals surface area contributed by atoms with E-state index in [4.69, 9.17) is 4.74 Å². The maximum atomic E-state index is 12.2. The maximum absolute atomic E-state index is 12.2. The van der Waals surface area contributed by atoms with Gasteiger partial charge in [-0.15, -0.1) is 0 Å². The molecule has 1 atom stereocenters. The quantitative estimate of drug-likeness (QED) is 0.448. The molecule has 0 aliphatic rings. The van der Waals surface area contributed by atoms with Crippen molar-refractivity contribution in [1.82, 2.24) is 9.47 Å². The van der Waals surface area contributed by atoms with Crippen LogP contribution in [0.15, 0.2) is 12.3 Å². The van der Waals surface area contributed by atoms with Crippen LogP contribution in [0.4, 0.5) is 5.69 Å². The zero-order valence-electron chi connectivity index (χ0n) is 11.0. The van der Waals surface area contributed by atoms with E-state index in [9.17, 15) is 14.9 Å². The molecule has 7 nitrogen and oxygen atoms in total. The number of hydrogen-bond acceptors (Lipinski definition) is 4. The van der Waals surface area contributed by atoms with Gasteiger partial charge in [0.1, 0.15) is 5.69 Å². The fraction of sp³-hybridized carbons (Fsp3) is 0.545. The van der Waals surface area contributed by atoms with Crippen molar-refractivity contribution >= 4 is 27.5 Å². The SMILES string of the molecule is COCC(Br)CN(C)C(=O)c1cc([N+](=O)[O-])cn1C. The number of ether oxygens (including phenoxy) is 1. The van der Waals surface area contributed by atoms with Crippen LogP contribution in [0.2, 0.25) is 0 Å². The van der Waals surface area contributed by atoms with E-state index in [-0.39, 0.29) is 22.1 Å². The number of halogens is 1. The number of carbonyl (C=O) groups excluding carboxylic acids is 1. The second-order valence-corrected chi connectivity index (χ2v) is 5.48. The number of rotatable bonds is 6. The van der Waals surface area contributed by atoms with Crippen LogP contribution in [0.3, 0.4) is 0 Å². The highest BCUT2D eigenvalue weighted by molar-refractivity contribution is 9.09. The Morgan fingerprint density at radius 2 is 2.32 bits per heavy atom. The van der Waals surface area contributed by atoms with Crippen LogP contribution >= 0.6 is 15.9 Å². The summed E-state index contributed by atoms with van der Waals surface area (Å²) in [6.07, 6.45) is 1.32.